The Morgan fingerprint density at radius 2 is 1.88 bits per heavy atom. The number of carbonyl (C=O) groups is 2. The van der Waals surface area contributed by atoms with Gasteiger partial charge in [0.05, 0.1) is 17.8 Å². The van der Waals surface area contributed by atoms with Gasteiger partial charge in [-0.2, -0.15) is 0 Å². The standard InChI is InChI=1S/C18H28N4O2.ClH/c1-13(2)11-20-18(24)15-5-3-4-6-16(15)21-17(23)12-22-9-7-14(19)8-10-22;/h3-6,13-14H,7-12,19H2,1-2H3,(H,20,24)(H,21,23);1H. The zero-order valence-corrected chi connectivity index (χ0v) is 15.8. The fraction of sp³-hybridized carbons (Fsp3) is 0.556. The van der Waals surface area contributed by atoms with Crippen LogP contribution in [0.5, 0.6) is 0 Å². The topological polar surface area (TPSA) is 87.5 Å². The number of nitrogens with one attached hydrogen (secondary N) is 2. The molecule has 7 heteroatoms. The summed E-state index contributed by atoms with van der Waals surface area (Å²) in [7, 11) is 0. The molecule has 140 valence electrons. The largest absolute Gasteiger partial charge is 0.352 e. The first-order chi connectivity index (χ1) is 11.5. The molecule has 0 bridgehead atoms. The van der Waals surface area contributed by atoms with Gasteiger partial charge in [0, 0.05) is 25.7 Å². The molecular weight excluding hydrogens is 340 g/mol. The maximum atomic E-state index is 12.3. The Kier molecular flexibility index (Phi) is 8.89. The molecule has 1 fully saturated rings. The third kappa shape index (κ3) is 7.02. The number of anilines is 1. The summed E-state index contributed by atoms with van der Waals surface area (Å²) >= 11 is 0. The molecule has 1 saturated heterocycles. The van der Waals surface area contributed by atoms with Crippen molar-refractivity contribution in [2.45, 2.75) is 32.7 Å². The Balaban J connectivity index is 0.00000312. The van der Waals surface area contributed by atoms with E-state index in [0.29, 0.717) is 30.3 Å². The number of rotatable bonds is 6. The van der Waals surface area contributed by atoms with E-state index in [1.807, 2.05) is 19.9 Å². The molecule has 0 aliphatic carbocycles. The minimum Gasteiger partial charge on any atom is -0.352 e. The van der Waals surface area contributed by atoms with Gasteiger partial charge in [-0.05, 0) is 30.9 Å². The van der Waals surface area contributed by atoms with Gasteiger partial charge in [-0.15, -0.1) is 12.4 Å². The van der Waals surface area contributed by atoms with Gasteiger partial charge in [-0.3, -0.25) is 14.5 Å². The van der Waals surface area contributed by atoms with E-state index in [9.17, 15) is 9.59 Å². The maximum Gasteiger partial charge on any atom is 0.253 e. The highest BCUT2D eigenvalue weighted by Gasteiger charge is 2.19. The molecular formula is C18H29ClN4O2. The SMILES string of the molecule is CC(C)CNC(=O)c1ccccc1NC(=O)CN1CCC(N)CC1.Cl. The summed E-state index contributed by atoms with van der Waals surface area (Å²) in [5, 5.41) is 5.75. The van der Waals surface area contributed by atoms with Crippen LogP contribution < -0.4 is 16.4 Å². The smallest absolute Gasteiger partial charge is 0.253 e. The number of nitrogens with two attached hydrogens (primary N) is 1. The van der Waals surface area contributed by atoms with Crippen molar-refractivity contribution < 1.29 is 9.59 Å². The van der Waals surface area contributed by atoms with Crippen molar-refractivity contribution in [2.24, 2.45) is 11.7 Å². The molecule has 2 amide bonds. The molecule has 25 heavy (non-hydrogen) atoms. The Morgan fingerprint density at radius 1 is 1.24 bits per heavy atom. The summed E-state index contributed by atoms with van der Waals surface area (Å²) in [6.45, 7) is 6.69. The Morgan fingerprint density at radius 3 is 2.52 bits per heavy atom. The van der Waals surface area contributed by atoms with Crippen molar-refractivity contribution in [3.05, 3.63) is 29.8 Å². The van der Waals surface area contributed by atoms with Crippen molar-refractivity contribution in [1.29, 1.82) is 0 Å². The first kappa shape index (κ1) is 21.4. The number of para-hydroxylation sites is 1. The lowest BCUT2D eigenvalue weighted by molar-refractivity contribution is -0.117. The van der Waals surface area contributed by atoms with Crippen LogP contribution in [-0.4, -0.2) is 48.9 Å². The van der Waals surface area contributed by atoms with Crippen molar-refractivity contribution in [1.82, 2.24) is 10.2 Å². The van der Waals surface area contributed by atoms with Crippen LogP contribution in [0.15, 0.2) is 24.3 Å². The number of piperidine rings is 1. The first-order valence-corrected chi connectivity index (χ1v) is 8.60. The fourth-order valence-corrected chi connectivity index (χ4v) is 2.69. The third-order valence-corrected chi connectivity index (χ3v) is 4.12. The average molecular weight is 369 g/mol. The second-order valence-electron chi connectivity index (χ2n) is 6.81. The van der Waals surface area contributed by atoms with Crippen molar-refractivity contribution in [2.75, 3.05) is 31.5 Å². The van der Waals surface area contributed by atoms with Gasteiger partial charge in [0.25, 0.3) is 5.91 Å². The number of nitrogens with zero attached hydrogens (tertiary/aromatic N) is 1. The molecule has 0 saturated carbocycles. The lowest BCUT2D eigenvalue weighted by atomic mass is 10.1. The Bertz CT molecular complexity index is 572. The number of hydrogen-bond donors (Lipinski definition) is 3. The molecule has 0 spiro atoms. The van der Waals surface area contributed by atoms with Gasteiger partial charge >= 0.3 is 0 Å². The van der Waals surface area contributed by atoms with Crippen LogP contribution in [-0.2, 0) is 4.79 Å². The van der Waals surface area contributed by atoms with Crippen LogP contribution >= 0.6 is 12.4 Å². The highest BCUT2D eigenvalue weighted by atomic mass is 35.5. The van der Waals surface area contributed by atoms with Crippen LogP contribution in [0.1, 0.15) is 37.0 Å². The predicted molar refractivity (Wildman–Crippen MR) is 103 cm³/mol. The van der Waals surface area contributed by atoms with E-state index >= 15 is 0 Å². The molecule has 1 aromatic rings. The van der Waals surface area contributed by atoms with Crippen LogP contribution in [0.4, 0.5) is 5.69 Å². The summed E-state index contributed by atoms with van der Waals surface area (Å²) in [6, 6.07) is 7.34. The highest BCUT2D eigenvalue weighted by Crippen LogP contribution is 2.15. The highest BCUT2D eigenvalue weighted by molar-refractivity contribution is 6.04. The molecule has 2 rings (SSSR count). The number of likely N-dealkylation sites (tertiary alicyclic amines) is 1. The van der Waals surface area contributed by atoms with E-state index in [0.717, 1.165) is 25.9 Å². The summed E-state index contributed by atoms with van der Waals surface area (Å²) in [5.74, 6) is 0.110. The van der Waals surface area contributed by atoms with E-state index in [-0.39, 0.29) is 30.3 Å². The first-order valence-electron chi connectivity index (χ1n) is 8.60. The zero-order chi connectivity index (χ0) is 17.5. The second kappa shape index (κ2) is 10.4. The van der Waals surface area contributed by atoms with Gasteiger partial charge in [0.1, 0.15) is 0 Å². The second-order valence-corrected chi connectivity index (χ2v) is 6.81. The molecule has 0 unspecified atom stereocenters. The Hall–Kier alpha value is -1.63. The fourth-order valence-electron chi connectivity index (χ4n) is 2.69. The maximum absolute atomic E-state index is 12.3. The molecule has 6 nitrogen and oxygen atoms in total. The van der Waals surface area contributed by atoms with Gasteiger partial charge in [0.15, 0.2) is 0 Å². The number of benzene rings is 1. The predicted octanol–water partition coefficient (Wildman–Crippen LogP) is 1.86. The molecule has 4 N–H and O–H groups in total. The van der Waals surface area contributed by atoms with E-state index in [1.165, 1.54) is 0 Å². The summed E-state index contributed by atoms with van der Waals surface area (Å²) < 4.78 is 0. The molecule has 1 aliphatic heterocycles. The van der Waals surface area contributed by atoms with Gasteiger partial charge < -0.3 is 16.4 Å². The van der Waals surface area contributed by atoms with Crippen molar-refractivity contribution >= 4 is 29.9 Å². The molecule has 0 radical (unpaired) electrons. The third-order valence-electron chi connectivity index (χ3n) is 4.12. The molecule has 1 aromatic carbocycles. The number of hydrogen-bond acceptors (Lipinski definition) is 4. The zero-order valence-electron chi connectivity index (χ0n) is 15.0. The number of amides is 2. The minimum absolute atomic E-state index is 0. The summed E-state index contributed by atoms with van der Waals surface area (Å²) in [6.07, 6.45) is 1.84. The van der Waals surface area contributed by atoms with Crippen LogP contribution in [0.3, 0.4) is 0 Å². The summed E-state index contributed by atoms with van der Waals surface area (Å²) in [5.41, 5.74) is 6.93. The van der Waals surface area contributed by atoms with Crippen LogP contribution in [0.25, 0.3) is 0 Å². The molecule has 1 aliphatic rings. The van der Waals surface area contributed by atoms with Crippen LogP contribution in [0, 0.1) is 5.92 Å². The van der Waals surface area contributed by atoms with Crippen molar-refractivity contribution in [3.8, 4) is 0 Å². The van der Waals surface area contributed by atoms with Gasteiger partial charge in [-0.25, -0.2) is 0 Å². The molecule has 0 atom stereocenters. The van der Waals surface area contributed by atoms with Crippen molar-refractivity contribution in [3.63, 3.8) is 0 Å². The monoisotopic (exact) mass is 368 g/mol. The van der Waals surface area contributed by atoms with Gasteiger partial charge in [0.2, 0.25) is 5.91 Å². The minimum atomic E-state index is -0.163. The van der Waals surface area contributed by atoms with E-state index in [2.05, 4.69) is 15.5 Å². The normalized spacial score (nSPS) is 15.5. The quantitative estimate of drug-likeness (QED) is 0.715. The average Bonchev–Trinajstić information content (AvgIpc) is 2.55. The van der Waals surface area contributed by atoms with E-state index in [1.54, 1.807) is 18.2 Å². The van der Waals surface area contributed by atoms with E-state index < -0.39 is 0 Å². The lowest BCUT2D eigenvalue weighted by Crippen LogP contribution is -2.43. The number of carbonyl (C=O) groups excluding carboxylic acids is 2. The Labute approximate surface area is 155 Å². The molecule has 1 heterocycles. The summed E-state index contributed by atoms with van der Waals surface area (Å²) in [4.78, 5) is 26.7. The van der Waals surface area contributed by atoms with Crippen LogP contribution in [0.2, 0.25) is 0 Å². The molecule has 0 aromatic heterocycles. The van der Waals surface area contributed by atoms with E-state index in [4.69, 9.17) is 5.73 Å². The van der Waals surface area contributed by atoms with Gasteiger partial charge in [-0.1, -0.05) is 26.0 Å². The number of halogens is 1. The lowest BCUT2D eigenvalue weighted by Gasteiger charge is -2.29.